The first-order valence-corrected chi connectivity index (χ1v) is 13.8. The maximum Gasteiger partial charge on any atom is 0.333 e. The lowest BCUT2D eigenvalue weighted by Crippen LogP contribution is -2.35. The number of nitrogens with zero attached hydrogens (tertiary/aromatic N) is 1. The number of aliphatic hydroxyl groups excluding tert-OH is 1. The van der Waals surface area contributed by atoms with E-state index < -0.39 is 17.6 Å². The Balaban J connectivity index is 1.02. The first-order valence-electron chi connectivity index (χ1n) is 13.8. The summed E-state index contributed by atoms with van der Waals surface area (Å²) in [6.45, 7) is 6.91. The normalized spacial score (nSPS) is 14.6. The largest absolute Gasteiger partial charge is 0.493 e. The van der Waals surface area contributed by atoms with E-state index in [1.54, 1.807) is 18.2 Å². The number of nitrogens with one attached hydrogen (secondary N) is 2. The Bertz CT molecular complexity index is 1370. The van der Waals surface area contributed by atoms with Gasteiger partial charge < -0.3 is 34.7 Å². The first-order chi connectivity index (χ1) is 19.3. The number of aliphatic hydroxyl groups is 1. The number of aromatic nitrogens is 2. The van der Waals surface area contributed by atoms with Crippen LogP contribution in [0.1, 0.15) is 68.7 Å². The molecule has 2 heterocycles. The Morgan fingerprint density at radius 3 is 2.83 bits per heavy atom. The van der Waals surface area contributed by atoms with Crippen LogP contribution in [0.2, 0.25) is 0 Å². The molecule has 0 bridgehead atoms. The maximum atomic E-state index is 11.8. The molecule has 214 valence electrons. The van der Waals surface area contributed by atoms with E-state index in [9.17, 15) is 15.0 Å². The van der Waals surface area contributed by atoms with Crippen LogP contribution in [0.4, 0.5) is 0 Å². The van der Waals surface area contributed by atoms with Gasteiger partial charge in [-0.05, 0) is 55.3 Å². The van der Waals surface area contributed by atoms with Crippen molar-refractivity contribution >= 4 is 0 Å². The molecule has 0 radical (unpaired) electrons. The van der Waals surface area contributed by atoms with Crippen LogP contribution in [0.5, 0.6) is 11.6 Å². The highest BCUT2D eigenvalue weighted by Gasteiger charge is 2.27. The van der Waals surface area contributed by atoms with Gasteiger partial charge in [0.05, 0.1) is 31.2 Å². The highest BCUT2D eigenvalue weighted by molar-refractivity contribution is 5.45. The second-order valence-electron chi connectivity index (χ2n) is 10.3. The van der Waals surface area contributed by atoms with E-state index in [1.807, 2.05) is 38.1 Å². The summed E-state index contributed by atoms with van der Waals surface area (Å²) in [5.41, 5.74) is 2.75. The van der Waals surface area contributed by atoms with Crippen LogP contribution in [0.3, 0.4) is 0 Å². The number of hydrogen-bond acceptors (Lipinski definition) is 7. The number of fused-ring (bicyclic) bond motifs is 1. The molecule has 1 atom stereocenters. The Morgan fingerprint density at radius 1 is 1.15 bits per heavy atom. The molecule has 40 heavy (non-hydrogen) atoms. The molecular weight excluding hydrogens is 510 g/mol. The molecule has 0 amide bonds. The van der Waals surface area contributed by atoms with Gasteiger partial charge in [-0.2, -0.15) is 0 Å². The summed E-state index contributed by atoms with van der Waals surface area (Å²) in [6.07, 6.45) is 5.55. The number of aromatic amines is 1. The van der Waals surface area contributed by atoms with Crippen LogP contribution in [-0.4, -0.2) is 51.9 Å². The van der Waals surface area contributed by atoms with Gasteiger partial charge in [0.25, 0.3) is 0 Å². The summed E-state index contributed by atoms with van der Waals surface area (Å²) < 4.78 is 18.4. The van der Waals surface area contributed by atoms with E-state index in [1.165, 1.54) is 10.8 Å². The fourth-order valence-electron chi connectivity index (χ4n) is 4.45. The second kappa shape index (κ2) is 14.2. The van der Waals surface area contributed by atoms with Gasteiger partial charge in [-0.25, -0.2) is 9.36 Å². The van der Waals surface area contributed by atoms with Crippen LogP contribution < -0.4 is 15.7 Å². The minimum Gasteiger partial charge on any atom is -0.493 e. The molecule has 4 N–H and O–H groups in total. The smallest absolute Gasteiger partial charge is 0.333 e. The van der Waals surface area contributed by atoms with Crippen molar-refractivity contribution in [3.63, 3.8) is 0 Å². The number of benzene rings is 2. The van der Waals surface area contributed by atoms with Crippen LogP contribution in [-0.2, 0) is 16.1 Å². The number of unbranched alkanes of at least 4 members (excludes halogenated alkanes) is 3. The zero-order valence-corrected chi connectivity index (χ0v) is 23.2. The lowest BCUT2D eigenvalue weighted by atomic mass is 10.0. The van der Waals surface area contributed by atoms with Crippen molar-refractivity contribution in [1.82, 2.24) is 14.9 Å². The molecule has 1 aliphatic heterocycles. The molecule has 4 rings (SSSR count). The van der Waals surface area contributed by atoms with Gasteiger partial charge in [0.1, 0.15) is 5.75 Å². The van der Waals surface area contributed by atoms with Gasteiger partial charge in [0, 0.05) is 44.5 Å². The van der Waals surface area contributed by atoms with Crippen molar-refractivity contribution in [2.75, 3.05) is 26.3 Å². The summed E-state index contributed by atoms with van der Waals surface area (Å²) in [6, 6.07) is 12.9. The lowest BCUT2D eigenvalue weighted by molar-refractivity contribution is -0.180. The summed E-state index contributed by atoms with van der Waals surface area (Å²) >= 11 is 0. The molecule has 0 saturated heterocycles. The molecule has 0 aliphatic carbocycles. The Hall–Kier alpha value is -3.55. The summed E-state index contributed by atoms with van der Waals surface area (Å²) in [4.78, 5) is 14.3. The minimum absolute atomic E-state index is 0.142. The van der Waals surface area contributed by atoms with Crippen molar-refractivity contribution in [3.05, 3.63) is 75.8 Å². The van der Waals surface area contributed by atoms with Crippen molar-refractivity contribution < 1.29 is 24.4 Å². The SMILES string of the molecule is CC1(C)OCc2cc([C@H](O)CNCCCCCCOCCC#Cc3cccc(-n4c(O)c[nH]c4=O)c3)ccc2O1. The molecule has 9 heteroatoms. The quantitative estimate of drug-likeness (QED) is 0.187. The van der Waals surface area contributed by atoms with Crippen molar-refractivity contribution in [1.29, 1.82) is 0 Å². The van der Waals surface area contributed by atoms with Gasteiger partial charge in [-0.3, -0.25) is 0 Å². The fraction of sp³-hybridized carbons (Fsp3) is 0.452. The van der Waals surface area contributed by atoms with Crippen molar-refractivity contribution in [3.8, 4) is 29.2 Å². The third-order valence-corrected chi connectivity index (χ3v) is 6.60. The predicted molar refractivity (Wildman–Crippen MR) is 153 cm³/mol. The van der Waals surface area contributed by atoms with E-state index in [0.29, 0.717) is 38.5 Å². The summed E-state index contributed by atoms with van der Waals surface area (Å²) in [5.74, 6) is 6.22. The lowest BCUT2D eigenvalue weighted by Gasteiger charge is -2.33. The molecule has 9 nitrogen and oxygen atoms in total. The number of H-pyrrole nitrogens is 1. The number of imidazole rings is 1. The molecule has 0 unspecified atom stereocenters. The minimum atomic E-state index is -0.620. The Kier molecular flexibility index (Phi) is 10.4. The monoisotopic (exact) mass is 549 g/mol. The number of rotatable bonds is 13. The fourth-order valence-corrected chi connectivity index (χ4v) is 4.45. The zero-order valence-electron chi connectivity index (χ0n) is 23.2. The molecule has 3 aromatic rings. The number of ether oxygens (including phenoxy) is 3. The van der Waals surface area contributed by atoms with Crippen molar-refractivity contribution in [2.45, 2.75) is 64.4 Å². The molecule has 1 aromatic heterocycles. The summed E-state index contributed by atoms with van der Waals surface area (Å²) in [5, 5.41) is 23.7. The Morgan fingerprint density at radius 2 is 2.00 bits per heavy atom. The average Bonchev–Trinajstić information content (AvgIpc) is 3.28. The van der Waals surface area contributed by atoms with Crippen LogP contribution >= 0.6 is 0 Å². The molecule has 0 fully saturated rings. The van der Waals surface area contributed by atoms with E-state index in [2.05, 4.69) is 22.1 Å². The van der Waals surface area contributed by atoms with E-state index >= 15 is 0 Å². The van der Waals surface area contributed by atoms with E-state index in [4.69, 9.17) is 14.2 Å². The van der Waals surface area contributed by atoms with Crippen LogP contribution in [0, 0.1) is 11.8 Å². The van der Waals surface area contributed by atoms with E-state index in [-0.39, 0.29) is 5.88 Å². The maximum absolute atomic E-state index is 11.8. The number of aromatic hydroxyl groups is 1. The molecular formula is C31H39N3O6. The van der Waals surface area contributed by atoms with Gasteiger partial charge in [-0.15, -0.1) is 0 Å². The third-order valence-electron chi connectivity index (χ3n) is 6.60. The molecule has 2 aromatic carbocycles. The van der Waals surface area contributed by atoms with Crippen molar-refractivity contribution in [2.24, 2.45) is 0 Å². The topological polar surface area (TPSA) is 118 Å². The molecule has 1 aliphatic rings. The van der Waals surface area contributed by atoms with Gasteiger partial charge in [0.2, 0.25) is 11.7 Å². The average molecular weight is 550 g/mol. The second-order valence-corrected chi connectivity index (χ2v) is 10.3. The highest BCUT2D eigenvalue weighted by Crippen LogP contribution is 2.32. The molecule has 0 spiro atoms. The zero-order chi connectivity index (χ0) is 28.4. The molecule has 0 saturated carbocycles. The Labute approximate surface area is 235 Å². The van der Waals surface area contributed by atoms with Crippen LogP contribution in [0.25, 0.3) is 5.69 Å². The number of hydrogen-bond donors (Lipinski definition) is 4. The van der Waals surface area contributed by atoms with Gasteiger partial charge in [0.15, 0.2) is 0 Å². The third kappa shape index (κ3) is 8.47. The standard InChI is InChI=1S/C31H39N3O6/c1-31(2)39-22-25-19-24(13-14-28(25)40-31)27(35)20-32-15-6-3-4-7-16-38-17-8-5-10-23-11-9-12-26(18-23)34-29(36)21-33-30(34)37/h9,11-14,18-19,21,27,32,35-36H,3-4,6-8,15-17,20,22H2,1-2H3,(H,33,37)/t27-/m1/s1. The predicted octanol–water partition coefficient (Wildman–Crippen LogP) is 4.16. The van der Waals surface area contributed by atoms with Gasteiger partial charge in [-0.1, -0.05) is 36.8 Å². The van der Waals surface area contributed by atoms with E-state index in [0.717, 1.165) is 54.7 Å². The first kappa shape index (κ1) is 29.4. The van der Waals surface area contributed by atoms with Crippen LogP contribution in [0.15, 0.2) is 53.5 Å². The van der Waals surface area contributed by atoms with Gasteiger partial charge >= 0.3 is 5.69 Å². The summed E-state index contributed by atoms with van der Waals surface area (Å²) in [7, 11) is 0. The highest BCUT2D eigenvalue weighted by atomic mass is 16.7.